The quantitative estimate of drug-likeness (QED) is 0.302. The fourth-order valence-corrected chi connectivity index (χ4v) is 4.99. The topological polar surface area (TPSA) is 77.6 Å². The van der Waals surface area contributed by atoms with Crippen LogP contribution in [0.25, 0.3) is 0 Å². The molecule has 3 fully saturated rings. The Kier molecular flexibility index (Phi) is 8.42. The Hall–Kier alpha value is -0.630. The number of nitrogens with one attached hydrogen (secondary N) is 4. The molecule has 4 N–H and O–H groups in total. The number of hydrogen-bond acceptors (Lipinski definition) is 4. The Bertz CT molecular complexity index is 585. The van der Waals surface area contributed by atoms with E-state index in [-0.39, 0.29) is 30.5 Å². The molecular weight excluding hydrogens is 416 g/mol. The second-order valence-electron chi connectivity index (χ2n) is 8.97. The summed E-state index contributed by atoms with van der Waals surface area (Å²) in [6.07, 6.45) is 5.28. The number of nitrogens with zero attached hydrogens (tertiary/aromatic N) is 1. The van der Waals surface area contributed by atoms with Gasteiger partial charge in [0, 0.05) is 29.8 Å². The van der Waals surface area contributed by atoms with Gasteiger partial charge in [-0.2, -0.15) is 0 Å². The number of carbonyl (C=O) groups excluding carboxylic acids is 1. The molecule has 29 heavy (non-hydrogen) atoms. The SMILES string of the molecule is CC(C)N/C(=N\C1CC(C2CCC(Cl)CC2)NN1)NC(=O)C1CCC(Cl)C(F)C1. The predicted molar refractivity (Wildman–Crippen MR) is 116 cm³/mol. The Morgan fingerprint density at radius 2 is 1.79 bits per heavy atom. The Labute approximate surface area is 183 Å². The summed E-state index contributed by atoms with van der Waals surface area (Å²) in [4.78, 5) is 17.4. The number of hydrogen-bond donors (Lipinski definition) is 4. The van der Waals surface area contributed by atoms with E-state index in [0.717, 1.165) is 32.1 Å². The molecule has 3 aliphatic rings. The molecule has 6 nitrogen and oxygen atoms in total. The van der Waals surface area contributed by atoms with E-state index in [1.807, 2.05) is 13.8 Å². The maximum atomic E-state index is 13.9. The van der Waals surface area contributed by atoms with Crippen molar-refractivity contribution >= 4 is 35.1 Å². The second kappa shape index (κ2) is 10.6. The van der Waals surface area contributed by atoms with Gasteiger partial charge in [0.05, 0.1) is 5.38 Å². The van der Waals surface area contributed by atoms with Gasteiger partial charge in [-0.1, -0.05) is 0 Å². The summed E-state index contributed by atoms with van der Waals surface area (Å²) < 4.78 is 13.9. The lowest BCUT2D eigenvalue weighted by Crippen LogP contribution is -2.48. The van der Waals surface area contributed by atoms with Crippen LogP contribution in [0.1, 0.15) is 65.2 Å². The number of hydrazine groups is 1. The van der Waals surface area contributed by atoms with Gasteiger partial charge in [0.2, 0.25) is 5.91 Å². The van der Waals surface area contributed by atoms with Gasteiger partial charge >= 0.3 is 0 Å². The number of amides is 1. The van der Waals surface area contributed by atoms with E-state index in [2.05, 4.69) is 21.5 Å². The van der Waals surface area contributed by atoms with Crippen molar-refractivity contribution in [2.75, 3.05) is 0 Å². The van der Waals surface area contributed by atoms with Crippen LogP contribution in [0.5, 0.6) is 0 Å². The molecule has 0 spiro atoms. The van der Waals surface area contributed by atoms with E-state index in [4.69, 9.17) is 28.2 Å². The average molecular weight is 450 g/mol. The highest BCUT2D eigenvalue weighted by molar-refractivity contribution is 6.21. The van der Waals surface area contributed by atoms with Crippen LogP contribution in [-0.4, -0.2) is 47.0 Å². The second-order valence-corrected chi connectivity index (χ2v) is 10.1. The van der Waals surface area contributed by atoms with Gasteiger partial charge in [-0.05, 0) is 64.7 Å². The van der Waals surface area contributed by atoms with Crippen molar-refractivity contribution in [3.05, 3.63) is 0 Å². The zero-order valence-corrected chi connectivity index (χ0v) is 18.8. The van der Waals surface area contributed by atoms with Crippen LogP contribution in [0, 0.1) is 11.8 Å². The van der Waals surface area contributed by atoms with Crippen LogP contribution in [0.15, 0.2) is 4.99 Å². The molecule has 166 valence electrons. The third-order valence-corrected chi connectivity index (χ3v) is 7.13. The van der Waals surface area contributed by atoms with Crippen molar-refractivity contribution < 1.29 is 9.18 Å². The first-order valence-corrected chi connectivity index (χ1v) is 11.8. The molecule has 0 aromatic heterocycles. The van der Waals surface area contributed by atoms with Crippen molar-refractivity contribution in [1.29, 1.82) is 0 Å². The number of guanidine groups is 1. The van der Waals surface area contributed by atoms with Crippen LogP contribution in [0.4, 0.5) is 4.39 Å². The van der Waals surface area contributed by atoms with Gasteiger partial charge in [-0.25, -0.2) is 14.8 Å². The summed E-state index contributed by atoms with van der Waals surface area (Å²) in [6, 6.07) is 0.473. The minimum Gasteiger partial charge on any atom is -0.354 e. The first-order valence-electron chi connectivity index (χ1n) is 10.9. The predicted octanol–water partition coefficient (Wildman–Crippen LogP) is 3.19. The molecule has 0 aromatic carbocycles. The molecule has 1 heterocycles. The Morgan fingerprint density at radius 3 is 2.45 bits per heavy atom. The molecule has 3 rings (SSSR count). The van der Waals surface area contributed by atoms with Crippen molar-refractivity contribution in [3.8, 4) is 0 Å². The molecule has 0 bridgehead atoms. The number of alkyl halides is 3. The lowest BCUT2D eigenvalue weighted by atomic mass is 9.83. The number of aliphatic imine (C=N–C) groups is 1. The number of carbonyl (C=O) groups is 1. The standard InChI is InChI=1S/C20H34Cl2FN5O/c1-11(2)24-20(26-19(29)13-5-8-15(22)16(23)9-13)25-18-10-17(27-28-18)12-3-6-14(21)7-4-12/h11-18,27-28H,3-10H2,1-2H3,(H2,24,25,26,29). The first-order chi connectivity index (χ1) is 13.8. The summed E-state index contributed by atoms with van der Waals surface area (Å²) in [7, 11) is 0. The molecule has 1 saturated heterocycles. The van der Waals surface area contributed by atoms with E-state index in [0.29, 0.717) is 36.1 Å². The smallest absolute Gasteiger partial charge is 0.229 e. The molecule has 5 unspecified atom stereocenters. The highest BCUT2D eigenvalue weighted by Gasteiger charge is 2.35. The molecule has 0 aromatic rings. The van der Waals surface area contributed by atoms with Crippen LogP contribution in [-0.2, 0) is 4.79 Å². The summed E-state index contributed by atoms with van der Waals surface area (Å²) in [5.41, 5.74) is 6.62. The highest BCUT2D eigenvalue weighted by Crippen LogP contribution is 2.32. The molecule has 2 saturated carbocycles. The summed E-state index contributed by atoms with van der Waals surface area (Å²) in [6.45, 7) is 3.98. The summed E-state index contributed by atoms with van der Waals surface area (Å²) in [5, 5.41) is 5.92. The zero-order chi connectivity index (χ0) is 21.0. The van der Waals surface area contributed by atoms with Gasteiger partial charge in [0.15, 0.2) is 5.96 Å². The first kappa shape index (κ1) is 23.0. The Balaban J connectivity index is 1.56. The average Bonchev–Trinajstić information content (AvgIpc) is 3.12. The Morgan fingerprint density at radius 1 is 1.07 bits per heavy atom. The maximum absolute atomic E-state index is 13.9. The van der Waals surface area contributed by atoms with Crippen LogP contribution in [0.2, 0.25) is 0 Å². The third kappa shape index (κ3) is 6.68. The minimum atomic E-state index is -1.14. The van der Waals surface area contributed by atoms with E-state index in [1.54, 1.807) is 0 Å². The van der Waals surface area contributed by atoms with Crippen molar-refractivity contribution in [2.24, 2.45) is 16.8 Å². The van der Waals surface area contributed by atoms with E-state index >= 15 is 0 Å². The molecule has 0 radical (unpaired) electrons. The molecule has 1 amide bonds. The van der Waals surface area contributed by atoms with E-state index in [9.17, 15) is 9.18 Å². The van der Waals surface area contributed by atoms with Gasteiger partial charge in [0.1, 0.15) is 12.3 Å². The normalized spacial score (nSPS) is 38.8. The maximum Gasteiger partial charge on any atom is 0.229 e. The lowest BCUT2D eigenvalue weighted by Gasteiger charge is -2.29. The van der Waals surface area contributed by atoms with Gasteiger partial charge in [-0.15, -0.1) is 23.2 Å². The van der Waals surface area contributed by atoms with Crippen molar-refractivity contribution in [2.45, 2.75) is 100 Å². The van der Waals surface area contributed by atoms with Crippen molar-refractivity contribution in [3.63, 3.8) is 0 Å². The monoisotopic (exact) mass is 449 g/mol. The molecule has 9 heteroatoms. The van der Waals surface area contributed by atoms with E-state index < -0.39 is 11.5 Å². The van der Waals surface area contributed by atoms with Gasteiger partial charge in [-0.3, -0.25) is 15.5 Å². The highest BCUT2D eigenvalue weighted by atomic mass is 35.5. The molecular formula is C20H34Cl2FN5O. The summed E-state index contributed by atoms with van der Waals surface area (Å²) >= 11 is 12.2. The zero-order valence-electron chi connectivity index (χ0n) is 17.3. The number of halogens is 3. The van der Waals surface area contributed by atoms with Crippen LogP contribution in [0.3, 0.4) is 0 Å². The molecule has 5 atom stereocenters. The van der Waals surface area contributed by atoms with Gasteiger partial charge < -0.3 is 5.32 Å². The fraction of sp³-hybridized carbons (Fsp3) is 0.900. The van der Waals surface area contributed by atoms with Crippen LogP contribution < -0.4 is 21.5 Å². The van der Waals surface area contributed by atoms with E-state index in [1.165, 1.54) is 0 Å². The van der Waals surface area contributed by atoms with Crippen molar-refractivity contribution in [1.82, 2.24) is 21.5 Å². The summed E-state index contributed by atoms with van der Waals surface area (Å²) in [5.74, 6) is 0.484. The van der Waals surface area contributed by atoms with Crippen LogP contribution >= 0.6 is 23.2 Å². The molecule has 1 aliphatic heterocycles. The third-order valence-electron chi connectivity index (χ3n) is 6.20. The number of rotatable bonds is 4. The molecule has 2 aliphatic carbocycles. The fourth-order valence-electron chi connectivity index (χ4n) is 4.51. The lowest BCUT2D eigenvalue weighted by molar-refractivity contribution is -0.125. The largest absolute Gasteiger partial charge is 0.354 e. The van der Waals surface area contributed by atoms with Gasteiger partial charge in [0.25, 0.3) is 0 Å². The minimum absolute atomic E-state index is 0.116.